The Morgan fingerprint density at radius 1 is 1.19 bits per heavy atom. The average molecular weight is 284 g/mol. The van der Waals surface area contributed by atoms with Gasteiger partial charge in [-0.3, -0.25) is 10.1 Å². The summed E-state index contributed by atoms with van der Waals surface area (Å²) in [6.45, 7) is 0.567. The number of hydrogen-bond acceptors (Lipinski definition) is 4. The van der Waals surface area contributed by atoms with Gasteiger partial charge in [0.1, 0.15) is 6.61 Å². The van der Waals surface area contributed by atoms with Crippen molar-refractivity contribution >= 4 is 11.8 Å². The molecule has 0 radical (unpaired) electrons. The first kappa shape index (κ1) is 14.7. The van der Waals surface area contributed by atoms with E-state index in [-0.39, 0.29) is 18.0 Å². The predicted octanol–water partition coefficient (Wildman–Crippen LogP) is 3.15. The second-order valence-corrected chi connectivity index (χ2v) is 4.39. The zero-order valence-electron chi connectivity index (χ0n) is 11.4. The van der Waals surface area contributed by atoms with Crippen LogP contribution in [0.15, 0.2) is 54.6 Å². The predicted molar refractivity (Wildman–Crippen MR) is 82.0 cm³/mol. The highest BCUT2D eigenvalue weighted by molar-refractivity contribution is 5.50. The molecule has 2 rings (SSSR count). The van der Waals surface area contributed by atoms with Gasteiger partial charge in [-0.05, 0) is 23.3 Å². The molecule has 0 amide bonds. The molecule has 108 valence electrons. The van der Waals surface area contributed by atoms with Crippen molar-refractivity contribution in [2.45, 2.75) is 6.54 Å². The first-order valence-electron chi connectivity index (χ1n) is 6.52. The summed E-state index contributed by atoms with van der Waals surface area (Å²) in [5.74, 6) is 0.237. The van der Waals surface area contributed by atoms with Crippen molar-refractivity contribution in [3.8, 4) is 5.75 Å². The van der Waals surface area contributed by atoms with Gasteiger partial charge in [0.2, 0.25) is 0 Å². The second-order valence-electron chi connectivity index (χ2n) is 4.39. The van der Waals surface area contributed by atoms with Gasteiger partial charge in [-0.15, -0.1) is 0 Å². The van der Waals surface area contributed by atoms with Gasteiger partial charge < -0.3 is 10.5 Å². The first-order valence-corrected chi connectivity index (χ1v) is 6.52. The number of ether oxygens (including phenoxy) is 1. The van der Waals surface area contributed by atoms with E-state index >= 15 is 0 Å². The summed E-state index contributed by atoms with van der Waals surface area (Å²) in [6.07, 6.45) is 3.72. The maximum Gasteiger partial charge on any atom is 0.310 e. The van der Waals surface area contributed by atoms with Crippen molar-refractivity contribution in [1.82, 2.24) is 0 Å². The second kappa shape index (κ2) is 7.21. The number of nitro benzene ring substituents is 1. The Bertz CT molecular complexity index is 639. The maximum absolute atomic E-state index is 11.0. The molecule has 21 heavy (non-hydrogen) atoms. The molecule has 0 bridgehead atoms. The van der Waals surface area contributed by atoms with Crippen LogP contribution in [0.2, 0.25) is 0 Å². The van der Waals surface area contributed by atoms with Crippen molar-refractivity contribution in [3.05, 3.63) is 75.8 Å². The van der Waals surface area contributed by atoms with E-state index in [1.165, 1.54) is 6.07 Å². The van der Waals surface area contributed by atoms with Gasteiger partial charge in [0.25, 0.3) is 0 Å². The molecule has 2 aromatic carbocycles. The Hall–Kier alpha value is -2.66. The molecule has 0 atom stereocenters. The summed E-state index contributed by atoms with van der Waals surface area (Å²) in [4.78, 5) is 10.5. The van der Waals surface area contributed by atoms with Crippen LogP contribution in [-0.2, 0) is 6.54 Å². The molecule has 0 spiro atoms. The number of nitrogens with zero attached hydrogens (tertiary/aromatic N) is 1. The van der Waals surface area contributed by atoms with E-state index in [2.05, 4.69) is 0 Å². The fourth-order valence-electron chi connectivity index (χ4n) is 1.84. The average Bonchev–Trinajstić information content (AvgIpc) is 2.52. The summed E-state index contributed by atoms with van der Waals surface area (Å²) >= 11 is 0. The van der Waals surface area contributed by atoms with Gasteiger partial charge >= 0.3 is 5.69 Å². The summed E-state index contributed by atoms with van der Waals surface area (Å²) < 4.78 is 5.48. The molecule has 0 aliphatic rings. The van der Waals surface area contributed by atoms with Gasteiger partial charge in [-0.2, -0.15) is 0 Å². The van der Waals surface area contributed by atoms with E-state index in [1.54, 1.807) is 12.1 Å². The molecule has 0 saturated heterocycles. The van der Waals surface area contributed by atoms with Crippen LogP contribution in [0.3, 0.4) is 0 Å². The molecule has 5 heteroatoms. The largest absolute Gasteiger partial charge is 0.483 e. The molecule has 0 aliphatic heterocycles. The Morgan fingerprint density at radius 2 is 1.95 bits per heavy atom. The highest BCUT2D eigenvalue weighted by atomic mass is 16.6. The summed E-state index contributed by atoms with van der Waals surface area (Å²) in [6, 6.07) is 14.4. The minimum absolute atomic E-state index is 0.0553. The highest BCUT2D eigenvalue weighted by Crippen LogP contribution is 2.27. The maximum atomic E-state index is 11.0. The molecule has 2 N–H and O–H groups in total. The Balaban J connectivity index is 2.05. The van der Waals surface area contributed by atoms with Crippen LogP contribution in [0.4, 0.5) is 5.69 Å². The smallest absolute Gasteiger partial charge is 0.310 e. The van der Waals surface area contributed by atoms with Gasteiger partial charge in [0, 0.05) is 12.6 Å². The van der Waals surface area contributed by atoms with E-state index < -0.39 is 4.92 Å². The molecule has 0 heterocycles. The van der Waals surface area contributed by atoms with Gasteiger partial charge in [0.15, 0.2) is 5.75 Å². The first-order chi connectivity index (χ1) is 10.2. The lowest BCUT2D eigenvalue weighted by atomic mass is 10.2. The molecular formula is C16H16N2O3. The standard InChI is InChI=1S/C16H16N2O3/c17-12-14-8-9-15(18(19)20)16(11-14)21-10-4-7-13-5-2-1-3-6-13/h1-9,11H,10,12,17H2. The van der Waals surface area contributed by atoms with Crippen molar-refractivity contribution in [3.63, 3.8) is 0 Å². The third kappa shape index (κ3) is 4.15. The number of benzene rings is 2. The van der Waals surface area contributed by atoms with E-state index in [1.807, 2.05) is 42.5 Å². The lowest BCUT2D eigenvalue weighted by molar-refractivity contribution is -0.385. The van der Waals surface area contributed by atoms with Crippen molar-refractivity contribution in [1.29, 1.82) is 0 Å². The monoisotopic (exact) mass is 284 g/mol. The number of hydrogen-bond donors (Lipinski definition) is 1. The van der Waals surface area contributed by atoms with Crippen LogP contribution in [0, 0.1) is 10.1 Å². The topological polar surface area (TPSA) is 78.4 Å². The Kier molecular flexibility index (Phi) is 5.06. The Morgan fingerprint density at radius 3 is 2.62 bits per heavy atom. The lowest BCUT2D eigenvalue weighted by Crippen LogP contribution is -2.01. The van der Waals surface area contributed by atoms with E-state index in [9.17, 15) is 10.1 Å². The van der Waals surface area contributed by atoms with Crippen molar-refractivity contribution in [2.75, 3.05) is 6.61 Å². The molecule has 2 aromatic rings. The fourth-order valence-corrected chi connectivity index (χ4v) is 1.84. The number of rotatable bonds is 6. The van der Waals surface area contributed by atoms with Crippen molar-refractivity contribution in [2.24, 2.45) is 5.73 Å². The molecular weight excluding hydrogens is 268 g/mol. The van der Waals surface area contributed by atoms with E-state index in [0.717, 1.165) is 11.1 Å². The van der Waals surface area contributed by atoms with E-state index in [4.69, 9.17) is 10.5 Å². The van der Waals surface area contributed by atoms with Crippen LogP contribution < -0.4 is 10.5 Å². The molecule has 0 unspecified atom stereocenters. The lowest BCUT2D eigenvalue weighted by Gasteiger charge is -2.06. The van der Waals surface area contributed by atoms with Crippen LogP contribution in [0.5, 0.6) is 5.75 Å². The molecule has 5 nitrogen and oxygen atoms in total. The normalized spacial score (nSPS) is 10.7. The Labute approximate surface area is 122 Å². The molecule has 0 aromatic heterocycles. The fraction of sp³-hybridized carbons (Fsp3) is 0.125. The van der Waals surface area contributed by atoms with Crippen LogP contribution >= 0.6 is 0 Å². The van der Waals surface area contributed by atoms with Gasteiger partial charge in [-0.1, -0.05) is 42.5 Å². The van der Waals surface area contributed by atoms with Crippen molar-refractivity contribution < 1.29 is 9.66 Å². The van der Waals surface area contributed by atoms with Gasteiger partial charge in [-0.25, -0.2) is 0 Å². The zero-order valence-corrected chi connectivity index (χ0v) is 11.4. The van der Waals surface area contributed by atoms with Gasteiger partial charge in [0.05, 0.1) is 4.92 Å². The summed E-state index contributed by atoms with van der Waals surface area (Å²) in [5, 5.41) is 11.0. The zero-order chi connectivity index (χ0) is 15.1. The highest BCUT2D eigenvalue weighted by Gasteiger charge is 2.14. The summed E-state index contributed by atoms with van der Waals surface area (Å²) in [5.41, 5.74) is 7.32. The summed E-state index contributed by atoms with van der Waals surface area (Å²) in [7, 11) is 0. The van der Waals surface area contributed by atoms with Crippen LogP contribution in [0.25, 0.3) is 6.08 Å². The molecule has 0 fully saturated rings. The minimum Gasteiger partial charge on any atom is -0.483 e. The SMILES string of the molecule is NCc1ccc([N+](=O)[O-])c(OCC=Cc2ccccc2)c1. The van der Waals surface area contributed by atoms with Crippen LogP contribution in [-0.4, -0.2) is 11.5 Å². The third-order valence-electron chi connectivity index (χ3n) is 2.90. The van der Waals surface area contributed by atoms with E-state index in [0.29, 0.717) is 6.54 Å². The number of nitrogens with two attached hydrogens (primary N) is 1. The van der Waals surface area contributed by atoms with Crippen LogP contribution in [0.1, 0.15) is 11.1 Å². The quantitative estimate of drug-likeness (QED) is 0.653. The molecule has 0 saturated carbocycles. The third-order valence-corrected chi connectivity index (χ3v) is 2.90. The minimum atomic E-state index is -0.462. The molecule has 0 aliphatic carbocycles. The number of nitro groups is 1.